The topological polar surface area (TPSA) is 26.2 Å². The van der Waals surface area contributed by atoms with Crippen molar-refractivity contribution >= 4 is 10.9 Å². The van der Waals surface area contributed by atoms with Crippen LogP contribution < -0.4 is 5.32 Å². The van der Waals surface area contributed by atoms with Crippen LogP contribution in [-0.2, 0) is 17.8 Å². The minimum absolute atomic E-state index is 0.775. The normalized spacial score (nSPS) is 11.3. The maximum atomic E-state index is 5.46. The molecule has 0 aliphatic heterocycles. The van der Waals surface area contributed by atoms with Gasteiger partial charge in [-0.1, -0.05) is 25.1 Å². The zero-order valence-corrected chi connectivity index (χ0v) is 12.0. The van der Waals surface area contributed by atoms with E-state index in [4.69, 9.17) is 4.74 Å². The van der Waals surface area contributed by atoms with E-state index in [9.17, 15) is 0 Å². The van der Waals surface area contributed by atoms with Crippen molar-refractivity contribution in [2.75, 3.05) is 19.8 Å². The van der Waals surface area contributed by atoms with Gasteiger partial charge in [0.15, 0.2) is 0 Å². The number of rotatable bonds is 8. The largest absolute Gasteiger partial charge is 0.380 e. The van der Waals surface area contributed by atoms with Gasteiger partial charge in [-0.15, -0.1) is 0 Å². The van der Waals surface area contributed by atoms with Gasteiger partial charge in [0.1, 0.15) is 0 Å². The highest BCUT2D eigenvalue weighted by Crippen LogP contribution is 2.21. The quantitative estimate of drug-likeness (QED) is 0.738. The zero-order valence-electron chi connectivity index (χ0n) is 12.0. The Balaban J connectivity index is 2.16. The molecule has 0 aliphatic carbocycles. The summed E-state index contributed by atoms with van der Waals surface area (Å²) in [4.78, 5) is 0. The maximum absolute atomic E-state index is 5.46. The lowest BCUT2D eigenvalue weighted by Crippen LogP contribution is -2.13. The second kappa shape index (κ2) is 7.31. The lowest BCUT2D eigenvalue weighted by atomic mass is 10.2. The van der Waals surface area contributed by atoms with Gasteiger partial charge in [-0.25, -0.2) is 0 Å². The van der Waals surface area contributed by atoms with Gasteiger partial charge in [-0.3, -0.25) is 0 Å². The molecule has 0 saturated carbocycles. The molecule has 1 aromatic carbocycles. The number of nitrogens with zero attached hydrogens (tertiary/aromatic N) is 1. The number of fused-ring (bicyclic) bond motifs is 1. The first-order chi connectivity index (χ1) is 9.36. The molecule has 0 fully saturated rings. The van der Waals surface area contributed by atoms with Crippen molar-refractivity contribution in [1.29, 1.82) is 0 Å². The molecule has 2 aromatic rings. The van der Waals surface area contributed by atoms with E-state index >= 15 is 0 Å². The highest BCUT2D eigenvalue weighted by atomic mass is 16.5. The molecule has 0 amide bonds. The number of ether oxygens (including phenoxy) is 1. The van der Waals surface area contributed by atoms with E-state index in [1.54, 1.807) is 0 Å². The number of aromatic nitrogens is 1. The van der Waals surface area contributed by atoms with Crippen molar-refractivity contribution in [3.63, 3.8) is 0 Å². The van der Waals surface area contributed by atoms with E-state index in [2.05, 4.69) is 47.3 Å². The number of hydrogen-bond donors (Lipinski definition) is 1. The van der Waals surface area contributed by atoms with Crippen LogP contribution in [0.25, 0.3) is 10.9 Å². The molecule has 0 spiro atoms. The van der Waals surface area contributed by atoms with Gasteiger partial charge in [0.2, 0.25) is 0 Å². The standard InChI is InChI=1S/C16H24N2O/c1-3-9-17-12-14-13-18(10-11-19-4-2)16-8-6-5-7-15(14)16/h5-8,13,17H,3-4,9-12H2,1-2H3. The summed E-state index contributed by atoms with van der Waals surface area (Å²) in [5.41, 5.74) is 2.68. The molecular weight excluding hydrogens is 236 g/mol. The molecule has 1 aromatic heterocycles. The van der Waals surface area contributed by atoms with Crippen molar-refractivity contribution in [2.45, 2.75) is 33.4 Å². The summed E-state index contributed by atoms with van der Waals surface area (Å²) >= 11 is 0. The molecule has 0 aliphatic rings. The number of benzene rings is 1. The Labute approximate surface area is 115 Å². The molecule has 2 rings (SSSR count). The van der Waals surface area contributed by atoms with Gasteiger partial charge >= 0.3 is 0 Å². The van der Waals surface area contributed by atoms with Crippen LogP contribution in [-0.4, -0.2) is 24.3 Å². The molecule has 0 bridgehead atoms. The van der Waals surface area contributed by atoms with E-state index in [0.29, 0.717) is 0 Å². The Kier molecular flexibility index (Phi) is 5.43. The number of para-hydroxylation sites is 1. The Hall–Kier alpha value is -1.32. The average Bonchev–Trinajstić information content (AvgIpc) is 2.79. The van der Waals surface area contributed by atoms with Gasteiger partial charge in [0, 0.05) is 36.8 Å². The summed E-state index contributed by atoms with van der Waals surface area (Å²) < 4.78 is 7.76. The minimum Gasteiger partial charge on any atom is -0.380 e. The Morgan fingerprint density at radius 2 is 2.05 bits per heavy atom. The van der Waals surface area contributed by atoms with Crippen LogP contribution in [0.1, 0.15) is 25.8 Å². The van der Waals surface area contributed by atoms with Crippen molar-refractivity contribution in [1.82, 2.24) is 9.88 Å². The fraction of sp³-hybridized carbons (Fsp3) is 0.500. The molecule has 19 heavy (non-hydrogen) atoms. The summed E-state index contributed by atoms with van der Waals surface area (Å²) in [5, 5.41) is 4.83. The number of hydrogen-bond acceptors (Lipinski definition) is 2. The van der Waals surface area contributed by atoms with Crippen LogP contribution in [0.15, 0.2) is 30.5 Å². The van der Waals surface area contributed by atoms with Gasteiger partial charge in [-0.2, -0.15) is 0 Å². The molecule has 3 nitrogen and oxygen atoms in total. The molecule has 3 heteroatoms. The predicted molar refractivity (Wildman–Crippen MR) is 80.4 cm³/mol. The van der Waals surface area contributed by atoms with Gasteiger partial charge in [-0.05, 0) is 31.5 Å². The van der Waals surface area contributed by atoms with Crippen molar-refractivity contribution in [3.8, 4) is 0 Å². The highest BCUT2D eigenvalue weighted by molar-refractivity contribution is 5.83. The lowest BCUT2D eigenvalue weighted by Gasteiger charge is -2.04. The number of nitrogens with one attached hydrogen (secondary N) is 1. The van der Waals surface area contributed by atoms with Gasteiger partial charge in [0.25, 0.3) is 0 Å². The van der Waals surface area contributed by atoms with Crippen LogP contribution in [0, 0.1) is 0 Å². The van der Waals surface area contributed by atoms with Crippen LogP contribution in [0.5, 0.6) is 0 Å². The maximum Gasteiger partial charge on any atom is 0.0645 e. The highest BCUT2D eigenvalue weighted by Gasteiger charge is 2.07. The zero-order chi connectivity index (χ0) is 13.5. The fourth-order valence-electron chi connectivity index (χ4n) is 2.36. The summed E-state index contributed by atoms with van der Waals surface area (Å²) in [6.45, 7) is 8.71. The second-order valence-corrected chi connectivity index (χ2v) is 4.74. The summed E-state index contributed by atoms with van der Waals surface area (Å²) in [6.07, 6.45) is 3.43. The summed E-state index contributed by atoms with van der Waals surface area (Å²) in [6, 6.07) is 8.60. The van der Waals surface area contributed by atoms with Crippen LogP contribution in [0.3, 0.4) is 0 Å². The average molecular weight is 260 g/mol. The molecule has 0 unspecified atom stereocenters. The van der Waals surface area contributed by atoms with Crippen LogP contribution in [0.2, 0.25) is 0 Å². The SMILES string of the molecule is CCCNCc1cn(CCOCC)c2ccccc12. The van der Waals surface area contributed by atoms with E-state index in [1.807, 2.05) is 6.92 Å². The van der Waals surface area contributed by atoms with Crippen molar-refractivity contribution < 1.29 is 4.74 Å². The lowest BCUT2D eigenvalue weighted by molar-refractivity contribution is 0.140. The second-order valence-electron chi connectivity index (χ2n) is 4.74. The first kappa shape index (κ1) is 14.1. The molecule has 0 radical (unpaired) electrons. The molecule has 0 saturated heterocycles. The van der Waals surface area contributed by atoms with E-state index < -0.39 is 0 Å². The van der Waals surface area contributed by atoms with Gasteiger partial charge < -0.3 is 14.6 Å². The monoisotopic (exact) mass is 260 g/mol. The van der Waals surface area contributed by atoms with Crippen LogP contribution >= 0.6 is 0 Å². The van der Waals surface area contributed by atoms with E-state index in [-0.39, 0.29) is 0 Å². The third-order valence-corrected chi connectivity index (χ3v) is 3.29. The van der Waals surface area contributed by atoms with Crippen molar-refractivity contribution in [2.24, 2.45) is 0 Å². The Bertz CT molecular complexity index is 460. The minimum atomic E-state index is 0.775. The molecule has 1 heterocycles. The first-order valence-electron chi connectivity index (χ1n) is 7.22. The molecular formula is C16H24N2O. The van der Waals surface area contributed by atoms with E-state index in [1.165, 1.54) is 22.9 Å². The molecule has 1 N–H and O–H groups in total. The first-order valence-corrected chi connectivity index (χ1v) is 7.22. The van der Waals surface area contributed by atoms with Gasteiger partial charge in [0.05, 0.1) is 6.61 Å². The van der Waals surface area contributed by atoms with E-state index in [0.717, 1.165) is 32.8 Å². The smallest absolute Gasteiger partial charge is 0.0645 e. The summed E-state index contributed by atoms with van der Waals surface area (Å²) in [7, 11) is 0. The Morgan fingerprint density at radius 3 is 2.84 bits per heavy atom. The van der Waals surface area contributed by atoms with Crippen LogP contribution in [0.4, 0.5) is 0 Å². The third kappa shape index (κ3) is 3.58. The molecule has 104 valence electrons. The molecule has 0 atom stereocenters. The Morgan fingerprint density at radius 1 is 1.21 bits per heavy atom. The fourth-order valence-corrected chi connectivity index (χ4v) is 2.36. The summed E-state index contributed by atoms with van der Waals surface area (Å²) in [5.74, 6) is 0. The third-order valence-electron chi connectivity index (χ3n) is 3.29. The van der Waals surface area contributed by atoms with Crippen molar-refractivity contribution in [3.05, 3.63) is 36.0 Å². The predicted octanol–water partition coefficient (Wildman–Crippen LogP) is 3.18.